The minimum Gasteiger partial charge on any atom is -0.391 e. The highest BCUT2D eigenvalue weighted by Crippen LogP contribution is 2.31. The molecule has 1 aliphatic rings. The van der Waals surface area contributed by atoms with E-state index in [9.17, 15) is 5.11 Å². The predicted molar refractivity (Wildman–Crippen MR) is 70.2 cm³/mol. The van der Waals surface area contributed by atoms with E-state index < -0.39 is 0 Å². The van der Waals surface area contributed by atoms with E-state index in [1.807, 2.05) is 6.92 Å². The van der Waals surface area contributed by atoms with Crippen molar-refractivity contribution < 1.29 is 5.11 Å². The van der Waals surface area contributed by atoms with Gasteiger partial charge in [-0.25, -0.2) is 4.98 Å². The second kappa shape index (κ2) is 4.24. The summed E-state index contributed by atoms with van der Waals surface area (Å²) in [7, 11) is 0. The standard InChI is InChI=1S/C14H15NOS/c1-9-13(8-16)17-14(15-9)12-6-5-10-3-2-4-11(10)7-12/h5-7,16H,2-4,8H2,1H3. The molecule has 1 aliphatic carbocycles. The quantitative estimate of drug-likeness (QED) is 0.882. The van der Waals surface area contributed by atoms with Gasteiger partial charge in [-0.3, -0.25) is 0 Å². The van der Waals surface area contributed by atoms with E-state index in [1.54, 1.807) is 11.3 Å². The Bertz CT molecular complexity index is 559. The summed E-state index contributed by atoms with van der Waals surface area (Å²) >= 11 is 1.60. The average molecular weight is 245 g/mol. The van der Waals surface area contributed by atoms with Gasteiger partial charge in [0.15, 0.2) is 0 Å². The summed E-state index contributed by atoms with van der Waals surface area (Å²) in [6, 6.07) is 6.65. The Hall–Kier alpha value is -1.19. The van der Waals surface area contributed by atoms with Crippen molar-refractivity contribution >= 4 is 11.3 Å². The molecule has 0 unspecified atom stereocenters. The van der Waals surface area contributed by atoms with Crippen LogP contribution in [0.15, 0.2) is 18.2 Å². The summed E-state index contributed by atoms with van der Waals surface area (Å²) in [5.74, 6) is 0. The smallest absolute Gasteiger partial charge is 0.123 e. The molecule has 2 nitrogen and oxygen atoms in total. The molecule has 3 rings (SSSR count). The van der Waals surface area contributed by atoms with Gasteiger partial charge in [-0.15, -0.1) is 11.3 Å². The van der Waals surface area contributed by atoms with Crippen LogP contribution in [0.5, 0.6) is 0 Å². The Kier molecular flexibility index (Phi) is 2.73. The molecule has 17 heavy (non-hydrogen) atoms. The van der Waals surface area contributed by atoms with Gasteiger partial charge in [0.05, 0.1) is 17.2 Å². The zero-order chi connectivity index (χ0) is 11.8. The molecule has 1 N–H and O–H groups in total. The van der Waals surface area contributed by atoms with Crippen molar-refractivity contribution in [2.24, 2.45) is 0 Å². The molecule has 1 aromatic heterocycles. The molecular weight excluding hydrogens is 230 g/mol. The van der Waals surface area contributed by atoms with Crippen LogP contribution in [0.25, 0.3) is 10.6 Å². The normalized spacial score (nSPS) is 14.0. The fraction of sp³-hybridized carbons (Fsp3) is 0.357. The monoisotopic (exact) mass is 245 g/mol. The SMILES string of the molecule is Cc1nc(-c2ccc3c(c2)CCC3)sc1CO. The van der Waals surface area contributed by atoms with Gasteiger partial charge in [0.1, 0.15) is 5.01 Å². The van der Waals surface area contributed by atoms with Crippen LogP contribution in [-0.4, -0.2) is 10.1 Å². The van der Waals surface area contributed by atoms with E-state index in [0.717, 1.165) is 15.6 Å². The van der Waals surface area contributed by atoms with E-state index >= 15 is 0 Å². The maximum Gasteiger partial charge on any atom is 0.123 e. The van der Waals surface area contributed by atoms with Crippen molar-refractivity contribution in [1.82, 2.24) is 4.98 Å². The van der Waals surface area contributed by atoms with Gasteiger partial charge in [-0.2, -0.15) is 0 Å². The van der Waals surface area contributed by atoms with Crippen LogP contribution in [0, 0.1) is 6.92 Å². The summed E-state index contributed by atoms with van der Waals surface area (Å²) in [5, 5.41) is 10.2. The van der Waals surface area contributed by atoms with Crippen molar-refractivity contribution in [3.05, 3.63) is 39.9 Å². The van der Waals surface area contributed by atoms with Crippen LogP contribution >= 0.6 is 11.3 Å². The number of rotatable bonds is 2. The highest BCUT2D eigenvalue weighted by atomic mass is 32.1. The summed E-state index contributed by atoms with van der Waals surface area (Å²) in [6.07, 6.45) is 3.69. The topological polar surface area (TPSA) is 33.1 Å². The number of aryl methyl sites for hydroxylation is 3. The Morgan fingerprint density at radius 1 is 1.29 bits per heavy atom. The molecule has 0 aliphatic heterocycles. The number of hydrogen-bond donors (Lipinski definition) is 1. The van der Waals surface area contributed by atoms with E-state index in [4.69, 9.17) is 0 Å². The number of aliphatic hydroxyl groups excluding tert-OH is 1. The molecule has 88 valence electrons. The first-order valence-electron chi connectivity index (χ1n) is 5.97. The minimum absolute atomic E-state index is 0.0917. The van der Waals surface area contributed by atoms with Crippen molar-refractivity contribution in [2.75, 3.05) is 0 Å². The second-order valence-corrected chi connectivity index (χ2v) is 5.61. The van der Waals surface area contributed by atoms with Crippen LogP contribution < -0.4 is 0 Å². The Morgan fingerprint density at radius 2 is 2.12 bits per heavy atom. The molecule has 0 saturated heterocycles. The average Bonchev–Trinajstić information content (AvgIpc) is 2.93. The van der Waals surface area contributed by atoms with Crippen molar-refractivity contribution in [3.8, 4) is 10.6 Å². The maximum atomic E-state index is 9.20. The fourth-order valence-electron chi connectivity index (χ4n) is 2.40. The molecular formula is C14H15NOS. The van der Waals surface area contributed by atoms with Gasteiger partial charge < -0.3 is 5.11 Å². The summed E-state index contributed by atoms with van der Waals surface area (Å²) in [6.45, 7) is 2.05. The molecule has 0 amide bonds. The lowest BCUT2D eigenvalue weighted by Gasteiger charge is -2.01. The van der Waals surface area contributed by atoms with Gasteiger partial charge in [0.2, 0.25) is 0 Å². The van der Waals surface area contributed by atoms with E-state index in [1.165, 1.54) is 36.0 Å². The summed E-state index contributed by atoms with van der Waals surface area (Å²) in [4.78, 5) is 5.51. The first-order chi connectivity index (χ1) is 8.28. The van der Waals surface area contributed by atoms with Crippen molar-refractivity contribution in [3.63, 3.8) is 0 Å². The molecule has 1 aromatic carbocycles. The van der Waals surface area contributed by atoms with E-state index in [-0.39, 0.29) is 6.61 Å². The highest BCUT2D eigenvalue weighted by molar-refractivity contribution is 7.15. The predicted octanol–water partition coefficient (Wildman–Crippen LogP) is 3.10. The molecule has 0 spiro atoms. The third-order valence-corrected chi connectivity index (χ3v) is 4.57. The minimum atomic E-state index is 0.0917. The third-order valence-electron chi connectivity index (χ3n) is 3.38. The van der Waals surface area contributed by atoms with Crippen LogP contribution in [0.2, 0.25) is 0 Å². The highest BCUT2D eigenvalue weighted by Gasteiger charge is 2.14. The number of aromatic nitrogens is 1. The number of hydrogen-bond acceptors (Lipinski definition) is 3. The van der Waals surface area contributed by atoms with E-state index in [2.05, 4.69) is 23.2 Å². The molecule has 0 bridgehead atoms. The van der Waals surface area contributed by atoms with Gasteiger partial charge in [-0.1, -0.05) is 12.1 Å². The van der Waals surface area contributed by atoms with Crippen molar-refractivity contribution in [2.45, 2.75) is 32.8 Å². The molecule has 0 radical (unpaired) electrons. The van der Waals surface area contributed by atoms with Crippen LogP contribution in [-0.2, 0) is 19.4 Å². The summed E-state index contributed by atoms with van der Waals surface area (Å²) in [5.41, 5.74) is 5.11. The maximum absolute atomic E-state index is 9.20. The van der Waals surface area contributed by atoms with Crippen LogP contribution in [0.4, 0.5) is 0 Å². The number of thiazole rings is 1. The third kappa shape index (κ3) is 1.90. The van der Waals surface area contributed by atoms with Crippen LogP contribution in [0.1, 0.15) is 28.1 Å². The van der Waals surface area contributed by atoms with Gasteiger partial charge >= 0.3 is 0 Å². The first-order valence-corrected chi connectivity index (χ1v) is 6.79. The fourth-order valence-corrected chi connectivity index (χ4v) is 3.32. The lowest BCUT2D eigenvalue weighted by Crippen LogP contribution is -1.84. The zero-order valence-electron chi connectivity index (χ0n) is 9.86. The van der Waals surface area contributed by atoms with Gasteiger partial charge in [0, 0.05) is 5.56 Å². The van der Waals surface area contributed by atoms with Crippen LogP contribution in [0.3, 0.4) is 0 Å². The Balaban J connectivity index is 2.03. The van der Waals surface area contributed by atoms with E-state index in [0.29, 0.717) is 0 Å². The largest absolute Gasteiger partial charge is 0.391 e. The molecule has 0 saturated carbocycles. The number of aliphatic hydroxyl groups is 1. The Labute approximate surface area is 105 Å². The lowest BCUT2D eigenvalue weighted by atomic mass is 10.1. The lowest BCUT2D eigenvalue weighted by molar-refractivity contribution is 0.284. The molecule has 1 heterocycles. The molecule has 3 heteroatoms. The van der Waals surface area contributed by atoms with Crippen molar-refractivity contribution in [1.29, 1.82) is 0 Å². The number of nitrogens with zero attached hydrogens (tertiary/aromatic N) is 1. The molecule has 2 aromatic rings. The Morgan fingerprint density at radius 3 is 2.88 bits per heavy atom. The van der Waals surface area contributed by atoms with Gasteiger partial charge in [-0.05, 0) is 43.4 Å². The van der Waals surface area contributed by atoms with Gasteiger partial charge in [0.25, 0.3) is 0 Å². The molecule has 0 atom stereocenters. The second-order valence-electron chi connectivity index (χ2n) is 4.52. The summed E-state index contributed by atoms with van der Waals surface area (Å²) < 4.78 is 0. The number of fused-ring (bicyclic) bond motifs is 1. The molecule has 0 fully saturated rings. The first kappa shape index (κ1) is 10.9. The number of benzene rings is 1. The zero-order valence-corrected chi connectivity index (χ0v) is 10.7.